The van der Waals surface area contributed by atoms with Crippen molar-refractivity contribution in [1.82, 2.24) is 9.55 Å². The molecule has 0 fully saturated rings. The molecule has 0 atom stereocenters. The van der Waals surface area contributed by atoms with E-state index in [9.17, 15) is 0 Å². The second kappa shape index (κ2) is 5.06. The number of fused-ring (bicyclic) bond motifs is 1. The summed E-state index contributed by atoms with van der Waals surface area (Å²) in [5.74, 6) is 0.853. The molecule has 0 saturated heterocycles. The van der Waals surface area contributed by atoms with E-state index in [4.69, 9.17) is 10.00 Å². The molecule has 0 spiro atoms. The van der Waals surface area contributed by atoms with Gasteiger partial charge in [-0.25, -0.2) is 4.98 Å². The van der Waals surface area contributed by atoms with Gasteiger partial charge < -0.3 is 9.30 Å². The average molecular weight is 263 g/mol. The molecule has 98 valence electrons. The zero-order valence-electron chi connectivity index (χ0n) is 11.1. The van der Waals surface area contributed by atoms with Gasteiger partial charge in [0.05, 0.1) is 7.11 Å². The summed E-state index contributed by atoms with van der Waals surface area (Å²) >= 11 is 0. The summed E-state index contributed by atoms with van der Waals surface area (Å²) < 4.78 is 7.37. The molecule has 0 radical (unpaired) electrons. The van der Waals surface area contributed by atoms with E-state index in [1.165, 1.54) is 0 Å². The number of pyridine rings is 1. The van der Waals surface area contributed by atoms with Gasteiger partial charge in [-0.15, -0.1) is 0 Å². The molecular weight excluding hydrogens is 250 g/mol. The lowest BCUT2D eigenvalue weighted by Crippen LogP contribution is -1.98. The number of nitrogens with zero attached hydrogens (tertiary/aromatic N) is 3. The summed E-state index contributed by atoms with van der Waals surface area (Å²) in [5.41, 5.74) is 2.65. The van der Waals surface area contributed by atoms with Gasteiger partial charge in [-0.3, -0.25) is 0 Å². The number of hydrogen-bond acceptors (Lipinski definition) is 3. The summed E-state index contributed by atoms with van der Waals surface area (Å²) in [7, 11) is 1.67. The van der Waals surface area contributed by atoms with E-state index in [0.29, 0.717) is 12.2 Å². The third kappa shape index (κ3) is 2.21. The molecule has 0 aliphatic heterocycles. The van der Waals surface area contributed by atoms with Gasteiger partial charge >= 0.3 is 0 Å². The molecule has 2 aromatic heterocycles. The van der Waals surface area contributed by atoms with Gasteiger partial charge in [0.15, 0.2) is 0 Å². The van der Waals surface area contributed by atoms with Gasteiger partial charge in [0.1, 0.15) is 17.5 Å². The highest BCUT2D eigenvalue weighted by atomic mass is 16.5. The van der Waals surface area contributed by atoms with Crippen LogP contribution in [0.4, 0.5) is 0 Å². The van der Waals surface area contributed by atoms with Crippen molar-refractivity contribution in [2.75, 3.05) is 7.11 Å². The van der Waals surface area contributed by atoms with Gasteiger partial charge in [-0.05, 0) is 42.0 Å². The first-order valence-electron chi connectivity index (χ1n) is 6.28. The van der Waals surface area contributed by atoms with Gasteiger partial charge in [-0.1, -0.05) is 0 Å². The number of hydrogen-bond donors (Lipinski definition) is 0. The molecule has 0 saturated carbocycles. The standard InChI is InChI=1S/C16H13N3O/c1-20-15-2-3-16-13(9-15)5-7-19(16)11-12-4-6-18-14(8-12)10-17/h2-9H,11H2,1H3. The lowest BCUT2D eigenvalue weighted by molar-refractivity contribution is 0.415. The Morgan fingerprint density at radius 1 is 1.25 bits per heavy atom. The van der Waals surface area contributed by atoms with E-state index in [1.807, 2.05) is 36.5 Å². The SMILES string of the molecule is COc1ccc2c(ccn2Cc2ccnc(C#N)c2)c1. The van der Waals surface area contributed by atoms with Crippen LogP contribution in [-0.2, 0) is 6.54 Å². The molecule has 3 rings (SSSR count). The molecule has 0 aliphatic rings. The Labute approximate surface area is 116 Å². The molecule has 2 heterocycles. The predicted molar refractivity (Wildman–Crippen MR) is 76.5 cm³/mol. The summed E-state index contributed by atoms with van der Waals surface area (Å²) in [6, 6.07) is 13.9. The largest absolute Gasteiger partial charge is 0.497 e. The fourth-order valence-electron chi connectivity index (χ4n) is 2.27. The second-order valence-electron chi connectivity index (χ2n) is 4.53. The van der Waals surface area contributed by atoms with Crippen LogP contribution in [0.5, 0.6) is 5.75 Å². The van der Waals surface area contributed by atoms with Crippen molar-refractivity contribution in [1.29, 1.82) is 5.26 Å². The first-order valence-corrected chi connectivity index (χ1v) is 6.28. The Balaban J connectivity index is 1.96. The maximum absolute atomic E-state index is 8.88. The Hall–Kier alpha value is -2.80. The van der Waals surface area contributed by atoms with Crippen LogP contribution in [0.3, 0.4) is 0 Å². The molecule has 0 unspecified atom stereocenters. The third-order valence-electron chi connectivity index (χ3n) is 3.27. The highest BCUT2D eigenvalue weighted by molar-refractivity contribution is 5.81. The minimum Gasteiger partial charge on any atom is -0.497 e. The Kier molecular flexibility index (Phi) is 3.10. The molecule has 0 amide bonds. The van der Waals surface area contributed by atoms with Gasteiger partial charge in [0.2, 0.25) is 0 Å². The van der Waals surface area contributed by atoms with E-state index < -0.39 is 0 Å². The second-order valence-corrected chi connectivity index (χ2v) is 4.53. The normalized spacial score (nSPS) is 10.4. The maximum Gasteiger partial charge on any atom is 0.140 e. The van der Waals surface area contributed by atoms with Crippen LogP contribution in [0.2, 0.25) is 0 Å². The fourth-order valence-corrected chi connectivity index (χ4v) is 2.27. The summed E-state index contributed by atoms with van der Waals surface area (Å²) in [4.78, 5) is 3.99. The van der Waals surface area contributed by atoms with E-state index in [2.05, 4.69) is 21.7 Å². The Morgan fingerprint density at radius 3 is 2.95 bits per heavy atom. The zero-order valence-corrected chi connectivity index (χ0v) is 11.1. The van der Waals surface area contributed by atoms with Gasteiger partial charge in [0, 0.05) is 29.8 Å². The van der Waals surface area contributed by atoms with Crippen molar-refractivity contribution in [2.45, 2.75) is 6.54 Å². The Bertz CT molecular complexity index is 799. The van der Waals surface area contributed by atoms with E-state index in [0.717, 1.165) is 22.2 Å². The minimum atomic E-state index is 0.445. The minimum absolute atomic E-state index is 0.445. The molecule has 0 bridgehead atoms. The van der Waals surface area contributed by atoms with Crippen LogP contribution in [0, 0.1) is 11.3 Å². The quantitative estimate of drug-likeness (QED) is 0.730. The number of benzene rings is 1. The topological polar surface area (TPSA) is 50.8 Å². The van der Waals surface area contributed by atoms with Gasteiger partial charge in [0.25, 0.3) is 0 Å². The molecule has 0 N–H and O–H groups in total. The number of rotatable bonds is 3. The number of nitriles is 1. The average Bonchev–Trinajstić information content (AvgIpc) is 2.89. The lowest BCUT2D eigenvalue weighted by Gasteiger charge is -2.06. The van der Waals surface area contributed by atoms with Crippen LogP contribution >= 0.6 is 0 Å². The van der Waals surface area contributed by atoms with Crippen LogP contribution in [0.15, 0.2) is 48.8 Å². The third-order valence-corrected chi connectivity index (χ3v) is 3.27. The van der Waals surface area contributed by atoms with Crippen molar-refractivity contribution in [3.05, 3.63) is 60.0 Å². The first kappa shape index (κ1) is 12.2. The zero-order chi connectivity index (χ0) is 13.9. The molecule has 4 nitrogen and oxygen atoms in total. The maximum atomic E-state index is 8.88. The van der Waals surface area contributed by atoms with E-state index in [1.54, 1.807) is 13.3 Å². The van der Waals surface area contributed by atoms with Crippen molar-refractivity contribution < 1.29 is 4.74 Å². The smallest absolute Gasteiger partial charge is 0.140 e. The van der Waals surface area contributed by atoms with Crippen LogP contribution in [0.1, 0.15) is 11.3 Å². The Morgan fingerprint density at radius 2 is 2.15 bits per heavy atom. The molecule has 0 aliphatic carbocycles. The van der Waals surface area contributed by atoms with Crippen molar-refractivity contribution in [3.63, 3.8) is 0 Å². The van der Waals surface area contributed by atoms with Crippen LogP contribution in [-0.4, -0.2) is 16.7 Å². The molecule has 4 heteroatoms. The number of aromatic nitrogens is 2. The van der Waals surface area contributed by atoms with Gasteiger partial charge in [-0.2, -0.15) is 5.26 Å². The summed E-state index contributed by atoms with van der Waals surface area (Å²) in [6.07, 6.45) is 3.71. The van der Waals surface area contributed by atoms with Crippen LogP contribution in [0.25, 0.3) is 10.9 Å². The highest BCUT2D eigenvalue weighted by Crippen LogP contribution is 2.22. The molecule has 1 aromatic carbocycles. The highest BCUT2D eigenvalue weighted by Gasteiger charge is 2.04. The number of ether oxygens (including phenoxy) is 1. The molecule has 20 heavy (non-hydrogen) atoms. The van der Waals surface area contributed by atoms with Crippen molar-refractivity contribution in [2.24, 2.45) is 0 Å². The molecular formula is C16H13N3O. The lowest BCUT2D eigenvalue weighted by atomic mass is 10.2. The molecule has 3 aromatic rings. The first-order chi connectivity index (χ1) is 9.80. The summed E-state index contributed by atoms with van der Waals surface area (Å²) in [5, 5.41) is 10.0. The summed E-state index contributed by atoms with van der Waals surface area (Å²) in [6.45, 7) is 0.715. The van der Waals surface area contributed by atoms with E-state index in [-0.39, 0.29) is 0 Å². The van der Waals surface area contributed by atoms with Crippen molar-refractivity contribution >= 4 is 10.9 Å². The predicted octanol–water partition coefficient (Wildman–Crippen LogP) is 2.96. The monoisotopic (exact) mass is 263 g/mol. The van der Waals surface area contributed by atoms with E-state index >= 15 is 0 Å². The number of methoxy groups -OCH3 is 1. The van der Waals surface area contributed by atoms with Crippen LogP contribution < -0.4 is 4.74 Å². The fraction of sp³-hybridized carbons (Fsp3) is 0.125. The van der Waals surface area contributed by atoms with Crippen molar-refractivity contribution in [3.8, 4) is 11.8 Å².